The number of hydrogen-bond donors (Lipinski definition) is 1. The zero-order chi connectivity index (χ0) is 14.7. The molecule has 1 saturated heterocycles. The van der Waals surface area contributed by atoms with Crippen LogP contribution in [0.1, 0.15) is 11.1 Å². The first-order chi connectivity index (χ1) is 10.2. The lowest BCUT2D eigenvalue weighted by molar-refractivity contribution is 0.249. The fourth-order valence-electron chi connectivity index (χ4n) is 2.91. The molecule has 0 aromatic heterocycles. The number of para-hydroxylation sites is 1. The third kappa shape index (κ3) is 3.93. The van der Waals surface area contributed by atoms with E-state index in [9.17, 15) is 0 Å². The lowest BCUT2D eigenvalue weighted by Crippen LogP contribution is -2.46. The molecule has 1 aliphatic rings. The maximum atomic E-state index is 5.90. The Morgan fingerprint density at radius 1 is 0.955 bits per heavy atom. The molecule has 0 amide bonds. The van der Waals surface area contributed by atoms with Crippen molar-refractivity contribution in [2.24, 2.45) is 0 Å². The first-order valence-corrected chi connectivity index (χ1v) is 7.60. The zero-order valence-electron chi connectivity index (χ0n) is 13.0. The van der Waals surface area contributed by atoms with E-state index >= 15 is 0 Å². The Morgan fingerprint density at radius 3 is 2.32 bits per heavy atom. The van der Waals surface area contributed by atoms with Crippen molar-refractivity contribution in [1.29, 1.82) is 0 Å². The number of halogens is 1. The molecule has 2 aromatic carbocycles. The highest BCUT2D eigenvalue weighted by molar-refractivity contribution is 5.85. The summed E-state index contributed by atoms with van der Waals surface area (Å²) in [6.07, 6.45) is 0. The van der Waals surface area contributed by atoms with E-state index in [2.05, 4.69) is 59.2 Å². The van der Waals surface area contributed by atoms with Crippen LogP contribution in [0.5, 0.6) is 0 Å². The summed E-state index contributed by atoms with van der Waals surface area (Å²) >= 11 is 0. The molecule has 0 bridgehead atoms. The van der Waals surface area contributed by atoms with Gasteiger partial charge in [0.2, 0.25) is 0 Å². The minimum Gasteiger partial charge on any atom is -0.399 e. The molecule has 0 radical (unpaired) electrons. The van der Waals surface area contributed by atoms with Crippen LogP contribution in [0.15, 0.2) is 48.5 Å². The maximum Gasteiger partial charge on any atom is 0.0367 e. The Morgan fingerprint density at radius 2 is 1.64 bits per heavy atom. The van der Waals surface area contributed by atoms with Gasteiger partial charge in [-0.3, -0.25) is 4.90 Å². The smallest absolute Gasteiger partial charge is 0.0367 e. The molecule has 0 unspecified atom stereocenters. The Labute approximate surface area is 139 Å². The van der Waals surface area contributed by atoms with Crippen molar-refractivity contribution in [2.75, 3.05) is 36.8 Å². The first-order valence-electron chi connectivity index (χ1n) is 7.60. The molecule has 3 rings (SSSR count). The molecule has 0 spiro atoms. The van der Waals surface area contributed by atoms with Crippen LogP contribution in [-0.4, -0.2) is 31.1 Å². The molecule has 1 heterocycles. The van der Waals surface area contributed by atoms with Crippen LogP contribution >= 0.6 is 12.4 Å². The minimum atomic E-state index is 0. The average Bonchev–Trinajstić information content (AvgIpc) is 2.53. The number of nitrogens with two attached hydrogens (primary N) is 1. The Kier molecular flexibility index (Phi) is 5.69. The third-order valence-electron chi connectivity index (χ3n) is 4.26. The van der Waals surface area contributed by atoms with Gasteiger partial charge in [-0.2, -0.15) is 0 Å². The number of nitrogen functional groups attached to an aromatic ring is 1. The van der Waals surface area contributed by atoms with E-state index in [0.717, 1.165) is 38.4 Å². The monoisotopic (exact) mass is 317 g/mol. The Balaban J connectivity index is 0.00000176. The molecule has 1 aliphatic heterocycles. The summed E-state index contributed by atoms with van der Waals surface area (Å²) in [5, 5.41) is 0. The van der Waals surface area contributed by atoms with Gasteiger partial charge in [0.25, 0.3) is 0 Å². The Bertz CT molecular complexity index is 593. The van der Waals surface area contributed by atoms with E-state index in [-0.39, 0.29) is 12.4 Å². The number of hydrogen-bond acceptors (Lipinski definition) is 3. The summed E-state index contributed by atoms with van der Waals surface area (Å²) in [6.45, 7) is 7.54. The van der Waals surface area contributed by atoms with Gasteiger partial charge < -0.3 is 10.6 Å². The summed E-state index contributed by atoms with van der Waals surface area (Å²) in [6, 6.07) is 16.9. The van der Waals surface area contributed by atoms with Gasteiger partial charge in [0.05, 0.1) is 0 Å². The molecule has 0 saturated carbocycles. The molecular weight excluding hydrogens is 294 g/mol. The topological polar surface area (TPSA) is 32.5 Å². The first kappa shape index (κ1) is 16.7. The minimum absolute atomic E-state index is 0. The van der Waals surface area contributed by atoms with E-state index < -0.39 is 0 Å². The van der Waals surface area contributed by atoms with Crippen LogP contribution in [0.4, 0.5) is 11.4 Å². The summed E-state index contributed by atoms with van der Waals surface area (Å²) in [5.74, 6) is 0. The summed E-state index contributed by atoms with van der Waals surface area (Å²) in [5.41, 5.74) is 10.8. The van der Waals surface area contributed by atoms with Crippen LogP contribution in [0.2, 0.25) is 0 Å². The van der Waals surface area contributed by atoms with Crippen molar-refractivity contribution >= 4 is 23.8 Å². The van der Waals surface area contributed by atoms with Gasteiger partial charge in [0.15, 0.2) is 0 Å². The Hall–Kier alpha value is -1.71. The highest BCUT2D eigenvalue weighted by atomic mass is 35.5. The largest absolute Gasteiger partial charge is 0.399 e. The van der Waals surface area contributed by atoms with Crippen molar-refractivity contribution in [1.82, 2.24) is 4.90 Å². The SMILES string of the molecule is Cc1ccc(N)cc1CN1CCN(c2ccccc2)CC1.Cl. The molecule has 118 valence electrons. The lowest BCUT2D eigenvalue weighted by Gasteiger charge is -2.36. The number of anilines is 2. The second kappa shape index (κ2) is 7.52. The number of piperazine rings is 1. The van der Waals surface area contributed by atoms with Crippen LogP contribution in [0.3, 0.4) is 0 Å². The highest BCUT2D eigenvalue weighted by Crippen LogP contribution is 2.19. The molecular formula is C18H24ClN3. The van der Waals surface area contributed by atoms with Gasteiger partial charge >= 0.3 is 0 Å². The van der Waals surface area contributed by atoms with Crippen LogP contribution < -0.4 is 10.6 Å². The summed E-state index contributed by atoms with van der Waals surface area (Å²) in [7, 11) is 0. The van der Waals surface area contributed by atoms with Crippen molar-refractivity contribution in [3.63, 3.8) is 0 Å². The zero-order valence-corrected chi connectivity index (χ0v) is 13.9. The quantitative estimate of drug-likeness (QED) is 0.881. The van der Waals surface area contributed by atoms with Gasteiger partial charge in [0, 0.05) is 44.1 Å². The standard InChI is InChI=1S/C18H23N3.ClH/c1-15-7-8-17(19)13-16(15)14-20-9-11-21(12-10-20)18-5-3-2-4-6-18;/h2-8,13H,9-12,14,19H2,1H3;1H. The van der Waals surface area contributed by atoms with E-state index in [4.69, 9.17) is 5.73 Å². The van der Waals surface area contributed by atoms with Crippen LogP contribution in [-0.2, 0) is 6.54 Å². The molecule has 0 aliphatic carbocycles. The lowest BCUT2D eigenvalue weighted by atomic mass is 10.1. The molecule has 0 atom stereocenters. The van der Waals surface area contributed by atoms with E-state index in [1.807, 2.05) is 6.07 Å². The predicted molar refractivity (Wildman–Crippen MR) is 96.8 cm³/mol. The summed E-state index contributed by atoms with van der Waals surface area (Å²) < 4.78 is 0. The molecule has 22 heavy (non-hydrogen) atoms. The van der Waals surface area contributed by atoms with Gasteiger partial charge in [0.1, 0.15) is 0 Å². The highest BCUT2D eigenvalue weighted by Gasteiger charge is 2.17. The third-order valence-corrected chi connectivity index (χ3v) is 4.26. The van der Waals surface area contributed by atoms with E-state index in [1.165, 1.54) is 16.8 Å². The molecule has 4 heteroatoms. The van der Waals surface area contributed by atoms with Crippen molar-refractivity contribution in [3.05, 3.63) is 59.7 Å². The van der Waals surface area contributed by atoms with Crippen molar-refractivity contribution in [3.8, 4) is 0 Å². The normalized spacial score (nSPS) is 15.4. The van der Waals surface area contributed by atoms with E-state index in [0.29, 0.717) is 0 Å². The van der Waals surface area contributed by atoms with Gasteiger partial charge in [-0.1, -0.05) is 24.3 Å². The average molecular weight is 318 g/mol. The number of benzene rings is 2. The second-order valence-electron chi connectivity index (χ2n) is 5.78. The molecule has 3 nitrogen and oxygen atoms in total. The van der Waals surface area contributed by atoms with Gasteiger partial charge in [-0.15, -0.1) is 12.4 Å². The van der Waals surface area contributed by atoms with E-state index in [1.54, 1.807) is 0 Å². The number of rotatable bonds is 3. The summed E-state index contributed by atoms with van der Waals surface area (Å²) in [4.78, 5) is 4.98. The van der Waals surface area contributed by atoms with Gasteiger partial charge in [-0.05, 0) is 42.3 Å². The molecule has 1 fully saturated rings. The number of aryl methyl sites for hydroxylation is 1. The fraction of sp³-hybridized carbons (Fsp3) is 0.333. The van der Waals surface area contributed by atoms with Crippen molar-refractivity contribution < 1.29 is 0 Å². The maximum absolute atomic E-state index is 5.90. The number of nitrogens with zero attached hydrogens (tertiary/aromatic N) is 2. The molecule has 2 aromatic rings. The van der Waals surface area contributed by atoms with Crippen LogP contribution in [0.25, 0.3) is 0 Å². The van der Waals surface area contributed by atoms with Crippen LogP contribution in [0, 0.1) is 6.92 Å². The van der Waals surface area contributed by atoms with Crippen molar-refractivity contribution in [2.45, 2.75) is 13.5 Å². The fourth-order valence-corrected chi connectivity index (χ4v) is 2.91. The molecule has 2 N–H and O–H groups in total. The van der Waals surface area contributed by atoms with Gasteiger partial charge in [-0.25, -0.2) is 0 Å². The second-order valence-corrected chi connectivity index (χ2v) is 5.78. The predicted octanol–water partition coefficient (Wildman–Crippen LogP) is 3.32.